The van der Waals surface area contributed by atoms with Crippen LogP contribution in [-0.2, 0) is 4.79 Å². The van der Waals surface area contributed by atoms with Gasteiger partial charge >= 0.3 is 0 Å². The Kier molecular flexibility index (Phi) is 5.13. The van der Waals surface area contributed by atoms with Gasteiger partial charge in [-0.25, -0.2) is 0 Å². The molecular weight excluding hydrogens is 178 g/mol. The topological polar surface area (TPSA) is 49.3 Å². The van der Waals surface area contributed by atoms with E-state index in [2.05, 4.69) is 5.32 Å². The van der Waals surface area contributed by atoms with Crippen molar-refractivity contribution in [3.8, 4) is 0 Å². The summed E-state index contributed by atoms with van der Waals surface area (Å²) >= 11 is 0. The van der Waals surface area contributed by atoms with Gasteiger partial charge in [-0.05, 0) is 11.3 Å². The lowest BCUT2D eigenvalue weighted by molar-refractivity contribution is -0.124. The van der Waals surface area contributed by atoms with E-state index in [1.54, 1.807) is 0 Å². The number of rotatable bonds is 4. The minimum Gasteiger partial charge on any atom is -0.394 e. The second-order valence-electron chi connectivity index (χ2n) is 5.34. The molecule has 0 fully saturated rings. The van der Waals surface area contributed by atoms with Crippen molar-refractivity contribution in [1.29, 1.82) is 0 Å². The van der Waals surface area contributed by atoms with Crippen LogP contribution < -0.4 is 5.32 Å². The molecular formula is C11H23NO2. The molecule has 14 heavy (non-hydrogen) atoms. The maximum atomic E-state index is 11.5. The molecule has 0 saturated carbocycles. The standard InChI is InChI=1S/C11H23NO2/c1-8(2)9(7-13)12-10(14)6-11(3,4)5/h8-9,13H,6-7H2,1-5H3,(H,12,14). The van der Waals surface area contributed by atoms with Crippen molar-refractivity contribution in [2.45, 2.75) is 47.1 Å². The second kappa shape index (κ2) is 5.35. The highest BCUT2D eigenvalue weighted by molar-refractivity contribution is 5.76. The molecule has 84 valence electrons. The molecule has 0 aromatic carbocycles. The molecule has 0 aliphatic rings. The number of carbonyl (C=O) groups excluding carboxylic acids is 1. The fraction of sp³-hybridized carbons (Fsp3) is 0.909. The number of hydrogen-bond acceptors (Lipinski definition) is 2. The maximum Gasteiger partial charge on any atom is 0.220 e. The van der Waals surface area contributed by atoms with E-state index in [1.165, 1.54) is 0 Å². The third kappa shape index (κ3) is 5.97. The van der Waals surface area contributed by atoms with E-state index < -0.39 is 0 Å². The summed E-state index contributed by atoms with van der Waals surface area (Å²) in [5.41, 5.74) is 0.00106. The molecule has 1 unspecified atom stereocenters. The number of amides is 1. The summed E-state index contributed by atoms with van der Waals surface area (Å²) < 4.78 is 0. The van der Waals surface area contributed by atoms with Gasteiger partial charge < -0.3 is 10.4 Å². The summed E-state index contributed by atoms with van der Waals surface area (Å²) in [6.07, 6.45) is 0.496. The average Bonchev–Trinajstić information content (AvgIpc) is 1.96. The van der Waals surface area contributed by atoms with Crippen LogP contribution in [-0.4, -0.2) is 23.7 Å². The van der Waals surface area contributed by atoms with Gasteiger partial charge in [-0.3, -0.25) is 4.79 Å². The number of aliphatic hydroxyl groups is 1. The Labute approximate surface area is 86.9 Å². The molecule has 0 bridgehead atoms. The van der Waals surface area contributed by atoms with Crippen LogP contribution in [0, 0.1) is 11.3 Å². The van der Waals surface area contributed by atoms with E-state index in [0.29, 0.717) is 6.42 Å². The highest BCUT2D eigenvalue weighted by Gasteiger charge is 2.19. The first-order valence-electron chi connectivity index (χ1n) is 5.16. The molecule has 3 nitrogen and oxygen atoms in total. The molecule has 0 aromatic rings. The molecule has 0 aliphatic carbocycles. The van der Waals surface area contributed by atoms with E-state index in [-0.39, 0.29) is 29.9 Å². The summed E-state index contributed by atoms with van der Waals surface area (Å²) in [4.78, 5) is 11.5. The average molecular weight is 201 g/mol. The van der Waals surface area contributed by atoms with Crippen molar-refractivity contribution in [3.63, 3.8) is 0 Å². The van der Waals surface area contributed by atoms with Gasteiger partial charge in [-0.1, -0.05) is 34.6 Å². The maximum absolute atomic E-state index is 11.5. The van der Waals surface area contributed by atoms with Crippen LogP contribution in [0.3, 0.4) is 0 Å². The Morgan fingerprint density at radius 3 is 2.14 bits per heavy atom. The highest BCUT2D eigenvalue weighted by Crippen LogP contribution is 2.18. The van der Waals surface area contributed by atoms with E-state index >= 15 is 0 Å². The summed E-state index contributed by atoms with van der Waals surface area (Å²) in [7, 11) is 0. The van der Waals surface area contributed by atoms with Crippen LogP contribution in [0.2, 0.25) is 0 Å². The third-order valence-electron chi connectivity index (χ3n) is 2.04. The van der Waals surface area contributed by atoms with Gasteiger partial charge in [0.1, 0.15) is 0 Å². The normalized spacial score (nSPS) is 14.2. The number of carbonyl (C=O) groups is 1. The zero-order chi connectivity index (χ0) is 11.4. The molecule has 0 aliphatic heterocycles. The van der Waals surface area contributed by atoms with Gasteiger partial charge in [-0.2, -0.15) is 0 Å². The number of nitrogens with one attached hydrogen (secondary N) is 1. The van der Waals surface area contributed by atoms with Gasteiger partial charge in [0, 0.05) is 6.42 Å². The molecule has 0 heterocycles. The van der Waals surface area contributed by atoms with E-state index in [1.807, 2.05) is 34.6 Å². The van der Waals surface area contributed by atoms with E-state index in [0.717, 1.165) is 0 Å². The van der Waals surface area contributed by atoms with Crippen LogP contribution in [0.4, 0.5) is 0 Å². The molecule has 0 radical (unpaired) electrons. The highest BCUT2D eigenvalue weighted by atomic mass is 16.3. The van der Waals surface area contributed by atoms with E-state index in [9.17, 15) is 4.79 Å². The summed E-state index contributed by atoms with van der Waals surface area (Å²) in [6, 6.07) is -0.121. The molecule has 0 saturated heterocycles. The molecule has 2 N–H and O–H groups in total. The Morgan fingerprint density at radius 2 is 1.86 bits per heavy atom. The quantitative estimate of drug-likeness (QED) is 0.725. The van der Waals surface area contributed by atoms with Gasteiger partial charge in [0.05, 0.1) is 12.6 Å². The molecule has 3 heteroatoms. The molecule has 0 spiro atoms. The van der Waals surface area contributed by atoms with Crippen LogP contribution in [0.25, 0.3) is 0 Å². The van der Waals surface area contributed by atoms with Gasteiger partial charge in [0.25, 0.3) is 0 Å². The smallest absolute Gasteiger partial charge is 0.220 e. The lowest BCUT2D eigenvalue weighted by Crippen LogP contribution is -2.42. The Hall–Kier alpha value is -0.570. The largest absolute Gasteiger partial charge is 0.394 e. The first-order chi connectivity index (χ1) is 6.26. The fourth-order valence-corrected chi connectivity index (χ4v) is 1.16. The Bertz CT molecular complexity index is 182. The lowest BCUT2D eigenvalue weighted by Gasteiger charge is -2.23. The molecule has 1 atom stereocenters. The lowest BCUT2D eigenvalue weighted by atomic mass is 9.91. The van der Waals surface area contributed by atoms with Crippen molar-refractivity contribution >= 4 is 5.91 Å². The van der Waals surface area contributed by atoms with Crippen LogP contribution >= 0.6 is 0 Å². The molecule has 1 amide bonds. The van der Waals surface area contributed by atoms with Crippen molar-refractivity contribution in [2.75, 3.05) is 6.61 Å². The van der Waals surface area contributed by atoms with Crippen LogP contribution in [0.15, 0.2) is 0 Å². The van der Waals surface area contributed by atoms with E-state index in [4.69, 9.17) is 5.11 Å². The third-order valence-corrected chi connectivity index (χ3v) is 2.04. The zero-order valence-corrected chi connectivity index (χ0v) is 9.92. The van der Waals surface area contributed by atoms with Gasteiger partial charge in [0.2, 0.25) is 5.91 Å². The van der Waals surface area contributed by atoms with Gasteiger partial charge in [-0.15, -0.1) is 0 Å². The first kappa shape index (κ1) is 13.4. The van der Waals surface area contributed by atoms with Crippen molar-refractivity contribution < 1.29 is 9.90 Å². The predicted molar refractivity (Wildman–Crippen MR) is 57.9 cm³/mol. The number of hydrogen-bond donors (Lipinski definition) is 2. The van der Waals surface area contributed by atoms with Crippen LogP contribution in [0.1, 0.15) is 41.0 Å². The molecule has 0 rings (SSSR count). The van der Waals surface area contributed by atoms with Crippen molar-refractivity contribution in [2.24, 2.45) is 11.3 Å². The SMILES string of the molecule is CC(C)C(CO)NC(=O)CC(C)(C)C. The minimum absolute atomic E-state index is 0.00106. The Morgan fingerprint density at radius 1 is 1.36 bits per heavy atom. The summed E-state index contributed by atoms with van der Waals surface area (Å²) in [6.45, 7) is 10.0. The summed E-state index contributed by atoms with van der Waals surface area (Å²) in [5.74, 6) is 0.286. The second-order valence-corrected chi connectivity index (χ2v) is 5.34. The van der Waals surface area contributed by atoms with Gasteiger partial charge in [0.15, 0.2) is 0 Å². The fourth-order valence-electron chi connectivity index (χ4n) is 1.16. The minimum atomic E-state index is -0.121. The van der Waals surface area contributed by atoms with Crippen molar-refractivity contribution in [1.82, 2.24) is 5.32 Å². The Balaban J connectivity index is 4.04. The van der Waals surface area contributed by atoms with Crippen LogP contribution in [0.5, 0.6) is 0 Å². The first-order valence-corrected chi connectivity index (χ1v) is 5.16. The number of aliphatic hydroxyl groups excluding tert-OH is 1. The van der Waals surface area contributed by atoms with Crippen molar-refractivity contribution in [3.05, 3.63) is 0 Å². The summed E-state index contributed by atoms with van der Waals surface area (Å²) in [5, 5.41) is 11.9. The monoisotopic (exact) mass is 201 g/mol. The zero-order valence-electron chi connectivity index (χ0n) is 9.92. The molecule has 0 aromatic heterocycles. The predicted octanol–water partition coefficient (Wildman–Crippen LogP) is 1.56.